The molecule has 0 saturated carbocycles. The molecule has 0 bridgehead atoms. The molecule has 0 aliphatic carbocycles. The Morgan fingerprint density at radius 2 is 1.69 bits per heavy atom. The predicted octanol–water partition coefficient (Wildman–Crippen LogP) is 2.76. The van der Waals surface area contributed by atoms with Crippen molar-refractivity contribution in [2.24, 2.45) is 0 Å². The molecule has 0 radical (unpaired) electrons. The lowest BCUT2D eigenvalue weighted by Crippen LogP contribution is -2.20. The number of aromatic nitrogens is 1. The van der Waals surface area contributed by atoms with Gasteiger partial charge in [0.25, 0.3) is 0 Å². The van der Waals surface area contributed by atoms with Gasteiger partial charge in [0, 0.05) is 31.7 Å². The lowest BCUT2D eigenvalue weighted by Gasteiger charge is -2.18. The zero-order chi connectivity index (χ0) is 11.2. The number of pyridine rings is 1. The van der Waals surface area contributed by atoms with E-state index in [1.807, 2.05) is 18.5 Å². The first-order chi connectivity index (χ1) is 7.86. The van der Waals surface area contributed by atoms with E-state index in [2.05, 4.69) is 53.3 Å². The van der Waals surface area contributed by atoms with E-state index in [0.29, 0.717) is 0 Å². The van der Waals surface area contributed by atoms with Crippen molar-refractivity contribution in [3.05, 3.63) is 60.4 Å². The van der Waals surface area contributed by atoms with Gasteiger partial charge >= 0.3 is 0 Å². The maximum atomic E-state index is 4.02. The lowest BCUT2D eigenvalue weighted by atomic mass is 10.2. The van der Waals surface area contributed by atoms with E-state index in [-0.39, 0.29) is 0 Å². The molecule has 0 saturated heterocycles. The molecule has 0 fully saturated rings. The molecule has 2 heteroatoms. The van der Waals surface area contributed by atoms with Gasteiger partial charge in [0.05, 0.1) is 0 Å². The van der Waals surface area contributed by atoms with Crippen LogP contribution in [0.25, 0.3) is 0 Å². The molecule has 1 aromatic carbocycles. The summed E-state index contributed by atoms with van der Waals surface area (Å²) in [7, 11) is 2.12. The quantitative estimate of drug-likeness (QED) is 0.774. The van der Waals surface area contributed by atoms with Crippen molar-refractivity contribution in [3.63, 3.8) is 0 Å². The summed E-state index contributed by atoms with van der Waals surface area (Å²) in [6, 6.07) is 14.6. The van der Waals surface area contributed by atoms with Crippen molar-refractivity contribution < 1.29 is 0 Å². The Bertz CT molecular complexity index is 411. The van der Waals surface area contributed by atoms with Crippen LogP contribution in [0.5, 0.6) is 0 Å². The van der Waals surface area contributed by atoms with Crippen molar-refractivity contribution in [1.29, 1.82) is 0 Å². The third kappa shape index (κ3) is 2.83. The maximum absolute atomic E-state index is 4.02. The first-order valence-corrected chi connectivity index (χ1v) is 5.51. The predicted molar refractivity (Wildman–Crippen MR) is 67.7 cm³/mol. The van der Waals surface area contributed by atoms with Crippen LogP contribution in [-0.2, 0) is 6.42 Å². The van der Waals surface area contributed by atoms with Gasteiger partial charge in [0.2, 0.25) is 0 Å². The normalized spacial score (nSPS) is 10.1. The van der Waals surface area contributed by atoms with Crippen LogP contribution in [-0.4, -0.2) is 18.6 Å². The number of rotatable bonds is 4. The minimum atomic E-state index is 1.02. The Balaban J connectivity index is 1.92. The monoisotopic (exact) mass is 212 g/mol. The molecule has 0 unspecified atom stereocenters. The van der Waals surface area contributed by atoms with Crippen LogP contribution >= 0.6 is 0 Å². The summed E-state index contributed by atoms with van der Waals surface area (Å²) in [5.41, 5.74) is 2.59. The molecule has 1 aromatic heterocycles. The Kier molecular flexibility index (Phi) is 3.54. The van der Waals surface area contributed by atoms with Crippen LogP contribution < -0.4 is 4.90 Å². The number of hydrogen-bond donors (Lipinski definition) is 0. The summed E-state index contributed by atoms with van der Waals surface area (Å²) in [6.45, 7) is 1.02. The Morgan fingerprint density at radius 1 is 1.00 bits per heavy atom. The van der Waals surface area contributed by atoms with E-state index in [9.17, 15) is 0 Å². The molecule has 16 heavy (non-hydrogen) atoms. The first kappa shape index (κ1) is 10.7. The van der Waals surface area contributed by atoms with Crippen LogP contribution in [0.2, 0.25) is 0 Å². The smallest absolute Gasteiger partial charge is 0.0363 e. The van der Waals surface area contributed by atoms with Gasteiger partial charge in [-0.3, -0.25) is 4.98 Å². The van der Waals surface area contributed by atoms with Crippen molar-refractivity contribution >= 4 is 5.69 Å². The maximum Gasteiger partial charge on any atom is 0.0363 e. The highest BCUT2D eigenvalue weighted by Gasteiger charge is 1.99. The standard InChI is InChI=1S/C14H16N2/c1-16(14-5-3-2-4-6-14)12-9-13-7-10-15-11-8-13/h2-8,10-11H,9,12H2,1H3. The number of hydrogen-bond acceptors (Lipinski definition) is 2. The molecule has 0 amide bonds. The minimum absolute atomic E-state index is 1.02. The first-order valence-electron chi connectivity index (χ1n) is 5.51. The highest BCUT2D eigenvalue weighted by Crippen LogP contribution is 2.11. The lowest BCUT2D eigenvalue weighted by molar-refractivity contribution is 0.875. The van der Waals surface area contributed by atoms with Gasteiger partial charge in [0.15, 0.2) is 0 Å². The zero-order valence-electron chi connectivity index (χ0n) is 9.50. The molecule has 0 spiro atoms. The van der Waals surface area contributed by atoms with Crippen molar-refractivity contribution in [1.82, 2.24) is 4.98 Å². The van der Waals surface area contributed by atoms with Crippen molar-refractivity contribution in [2.75, 3.05) is 18.5 Å². The second-order valence-corrected chi connectivity index (χ2v) is 3.86. The van der Waals surface area contributed by atoms with Crippen molar-refractivity contribution in [3.8, 4) is 0 Å². The fourth-order valence-corrected chi connectivity index (χ4v) is 1.66. The Labute approximate surface area is 96.6 Å². The van der Waals surface area contributed by atoms with E-state index in [1.165, 1.54) is 11.3 Å². The molecule has 0 N–H and O–H groups in total. The minimum Gasteiger partial charge on any atom is -0.374 e. The summed E-state index contributed by atoms with van der Waals surface area (Å²) in [5.74, 6) is 0. The number of anilines is 1. The van der Waals surface area contributed by atoms with Gasteiger partial charge in [-0.15, -0.1) is 0 Å². The molecular formula is C14H16N2. The second kappa shape index (κ2) is 5.31. The molecule has 82 valence electrons. The van der Waals surface area contributed by atoms with Gasteiger partial charge in [-0.2, -0.15) is 0 Å². The largest absolute Gasteiger partial charge is 0.374 e. The van der Waals surface area contributed by atoms with Crippen LogP contribution in [0.4, 0.5) is 5.69 Å². The fraction of sp³-hybridized carbons (Fsp3) is 0.214. The summed E-state index contributed by atoms with van der Waals surface area (Å²) < 4.78 is 0. The molecule has 0 aliphatic heterocycles. The molecule has 2 nitrogen and oxygen atoms in total. The Hall–Kier alpha value is -1.83. The van der Waals surface area contributed by atoms with E-state index >= 15 is 0 Å². The van der Waals surface area contributed by atoms with Gasteiger partial charge in [-0.1, -0.05) is 18.2 Å². The summed E-state index contributed by atoms with van der Waals surface area (Å²) in [6.07, 6.45) is 4.74. The van der Waals surface area contributed by atoms with Crippen LogP contribution in [0.3, 0.4) is 0 Å². The Morgan fingerprint density at radius 3 is 2.38 bits per heavy atom. The van der Waals surface area contributed by atoms with Gasteiger partial charge in [-0.25, -0.2) is 0 Å². The summed E-state index contributed by atoms with van der Waals surface area (Å²) >= 11 is 0. The van der Waals surface area contributed by atoms with E-state index < -0.39 is 0 Å². The van der Waals surface area contributed by atoms with E-state index in [4.69, 9.17) is 0 Å². The molecule has 2 aromatic rings. The number of benzene rings is 1. The number of para-hydroxylation sites is 1. The van der Waals surface area contributed by atoms with Crippen LogP contribution in [0.1, 0.15) is 5.56 Å². The molecule has 2 rings (SSSR count). The van der Waals surface area contributed by atoms with E-state index in [1.54, 1.807) is 0 Å². The number of nitrogens with zero attached hydrogens (tertiary/aromatic N) is 2. The third-order valence-corrected chi connectivity index (χ3v) is 2.68. The van der Waals surface area contributed by atoms with Gasteiger partial charge < -0.3 is 4.90 Å². The van der Waals surface area contributed by atoms with Crippen molar-refractivity contribution in [2.45, 2.75) is 6.42 Å². The van der Waals surface area contributed by atoms with Gasteiger partial charge in [0.1, 0.15) is 0 Å². The molecule has 0 aliphatic rings. The third-order valence-electron chi connectivity index (χ3n) is 2.68. The molecular weight excluding hydrogens is 196 g/mol. The molecule has 0 atom stereocenters. The average Bonchev–Trinajstić information content (AvgIpc) is 2.38. The second-order valence-electron chi connectivity index (χ2n) is 3.86. The summed E-state index contributed by atoms with van der Waals surface area (Å²) in [4.78, 5) is 6.28. The van der Waals surface area contributed by atoms with Gasteiger partial charge in [-0.05, 0) is 36.2 Å². The SMILES string of the molecule is CN(CCc1ccncc1)c1ccccc1. The van der Waals surface area contributed by atoms with Crippen LogP contribution in [0.15, 0.2) is 54.9 Å². The fourth-order valence-electron chi connectivity index (χ4n) is 1.66. The number of likely N-dealkylation sites (N-methyl/N-ethyl adjacent to an activating group) is 1. The summed E-state index contributed by atoms with van der Waals surface area (Å²) in [5, 5.41) is 0. The highest BCUT2D eigenvalue weighted by molar-refractivity contribution is 5.45. The van der Waals surface area contributed by atoms with E-state index in [0.717, 1.165) is 13.0 Å². The zero-order valence-corrected chi connectivity index (χ0v) is 9.50. The molecule has 1 heterocycles. The highest BCUT2D eigenvalue weighted by atomic mass is 15.1. The average molecular weight is 212 g/mol. The van der Waals surface area contributed by atoms with Crippen LogP contribution in [0, 0.1) is 0 Å². The topological polar surface area (TPSA) is 16.1 Å².